The van der Waals surface area contributed by atoms with Gasteiger partial charge < -0.3 is 16.0 Å². The maximum atomic E-state index is 11.5. The Labute approximate surface area is 102 Å². The first-order valence-electron chi connectivity index (χ1n) is 5.89. The molecule has 0 aliphatic carbocycles. The second-order valence-electron chi connectivity index (χ2n) is 5.02. The first-order chi connectivity index (χ1) is 8.02. The fraction of sp³-hybridized carbons (Fsp3) is 0.462. The monoisotopic (exact) mass is 233 g/mol. The zero-order chi connectivity index (χ0) is 12.5. The van der Waals surface area contributed by atoms with Gasteiger partial charge in [-0.2, -0.15) is 0 Å². The number of carbonyl (C=O) groups is 1. The van der Waals surface area contributed by atoms with E-state index in [0.717, 1.165) is 25.3 Å². The first-order valence-corrected chi connectivity index (χ1v) is 5.89. The molecule has 1 aromatic carbocycles. The number of rotatable bonds is 2. The highest BCUT2D eigenvalue weighted by Crippen LogP contribution is 2.28. The highest BCUT2D eigenvalue weighted by Gasteiger charge is 2.31. The SMILES string of the molecule is CC1(C)CNCCN1c1ccccc1C(N)=O. The van der Waals surface area contributed by atoms with Crippen molar-refractivity contribution in [3.63, 3.8) is 0 Å². The molecule has 0 unspecified atom stereocenters. The Morgan fingerprint density at radius 1 is 1.41 bits per heavy atom. The molecule has 1 saturated heterocycles. The fourth-order valence-electron chi connectivity index (χ4n) is 2.35. The van der Waals surface area contributed by atoms with Gasteiger partial charge in [-0.1, -0.05) is 12.1 Å². The summed E-state index contributed by atoms with van der Waals surface area (Å²) in [7, 11) is 0. The molecule has 0 spiro atoms. The summed E-state index contributed by atoms with van der Waals surface area (Å²) in [5.74, 6) is -0.366. The second kappa shape index (κ2) is 4.37. The molecule has 0 bridgehead atoms. The molecule has 1 fully saturated rings. The van der Waals surface area contributed by atoms with E-state index < -0.39 is 0 Å². The molecule has 1 amide bonds. The normalized spacial score (nSPS) is 19.1. The quantitative estimate of drug-likeness (QED) is 0.800. The molecule has 3 N–H and O–H groups in total. The molecule has 17 heavy (non-hydrogen) atoms. The minimum absolute atomic E-state index is 0.0101. The van der Waals surface area contributed by atoms with Crippen LogP contribution in [0.5, 0.6) is 0 Å². The topological polar surface area (TPSA) is 58.4 Å². The molecule has 0 saturated carbocycles. The van der Waals surface area contributed by atoms with Crippen LogP contribution >= 0.6 is 0 Å². The van der Waals surface area contributed by atoms with Crippen LogP contribution in [0.25, 0.3) is 0 Å². The van der Waals surface area contributed by atoms with Gasteiger partial charge in [0.2, 0.25) is 0 Å². The predicted molar refractivity (Wildman–Crippen MR) is 69.3 cm³/mol. The van der Waals surface area contributed by atoms with Crippen LogP contribution in [-0.2, 0) is 0 Å². The number of para-hydroxylation sites is 1. The molecule has 4 nitrogen and oxygen atoms in total. The molecular formula is C13H19N3O. The van der Waals surface area contributed by atoms with E-state index in [2.05, 4.69) is 24.1 Å². The van der Waals surface area contributed by atoms with Gasteiger partial charge in [-0.05, 0) is 26.0 Å². The van der Waals surface area contributed by atoms with Crippen LogP contribution in [0.2, 0.25) is 0 Å². The predicted octanol–water partition coefficient (Wildman–Crippen LogP) is 0.974. The smallest absolute Gasteiger partial charge is 0.250 e. The number of amides is 1. The fourth-order valence-corrected chi connectivity index (χ4v) is 2.35. The number of nitrogens with two attached hydrogens (primary N) is 1. The summed E-state index contributed by atoms with van der Waals surface area (Å²) in [4.78, 5) is 13.7. The van der Waals surface area contributed by atoms with Crippen LogP contribution in [0.15, 0.2) is 24.3 Å². The Morgan fingerprint density at radius 2 is 2.12 bits per heavy atom. The molecular weight excluding hydrogens is 214 g/mol. The molecule has 1 aliphatic heterocycles. The van der Waals surface area contributed by atoms with Crippen molar-refractivity contribution in [2.75, 3.05) is 24.5 Å². The average Bonchev–Trinajstić information content (AvgIpc) is 2.28. The van der Waals surface area contributed by atoms with Gasteiger partial charge in [0.25, 0.3) is 5.91 Å². The Balaban J connectivity index is 2.42. The lowest BCUT2D eigenvalue weighted by Gasteiger charge is -2.45. The first kappa shape index (κ1) is 11.9. The molecule has 4 heteroatoms. The zero-order valence-corrected chi connectivity index (χ0v) is 10.4. The van der Waals surface area contributed by atoms with E-state index in [9.17, 15) is 4.79 Å². The lowest BCUT2D eigenvalue weighted by Crippen LogP contribution is -2.58. The van der Waals surface area contributed by atoms with Gasteiger partial charge in [-0.25, -0.2) is 0 Å². The van der Waals surface area contributed by atoms with Gasteiger partial charge in [-0.3, -0.25) is 4.79 Å². The molecule has 92 valence electrons. The highest BCUT2D eigenvalue weighted by atomic mass is 16.1. The van der Waals surface area contributed by atoms with E-state index in [0.29, 0.717) is 5.56 Å². The summed E-state index contributed by atoms with van der Waals surface area (Å²) >= 11 is 0. The lowest BCUT2D eigenvalue weighted by molar-refractivity contribution is 0.100. The van der Waals surface area contributed by atoms with E-state index in [1.54, 1.807) is 6.07 Å². The molecule has 1 heterocycles. The average molecular weight is 233 g/mol. The summed E-state index contributed by atoms with van der Waals surface area (Å²) in [5, 5.41) is 3.37. The van der Waals surface area contributed by atoms with E-state index in [1.807, 2.05) is 18.2 Å². The molecule has 0 atom stereocenters. The van der Waals surface area contributed by atoms with Crippen molar-refractivity contribution in [1.29, 1.82) is 0 Å². The molecule has 0 radical (unpaired) electrons. The van der Waals surface area contributed by atoms with E-state index >= 15 is 0 Å². The van der Waals surface area contributed by atoms with Gasteiger partial charge in [0.1, 0.15) is 0 Å². The summed E-state index contributed by atoms with van der Waals surface area (Å²) in [6.45, 7) is 7.04. The third kappa shape index (κ3) is 2.26. The third-order valence-electron chi connectivity index (χ3n) is 3.26. The summed E-state index contributed by atoms with van der Waals surface area (Å²) < 4.78 is 0. The Hall–Kier alpha value is -1.55. The number of hydrogen-bond donors (Lipinski definition) is 2. The van der Waals surface area contributed by atoms with Crippen LogP contribution in [0.4, 0.5) is 5.69 Å². The van der Waals surface area contributed by atoms with Crippen molar-refractivity contribution in [1.82, 2.24) is 5.32 Å². The van der Waals surface area contributed by atoms with Crippen molar-refractivity contribution in [3.8, 4) is 0 Å². The van der Waals surface area contributed by atoms with Crippen LogP contribution in [0, 0.1) is 0 Å². The summed E-state index contributed by atoms with van der Waals surface area (Å²) in [6.07, 6.45) is 0. The standard InChI is InChI=1S/C13H19N3O/c1-13(2)9-15-7-8-16(13)11-6-4-3-5-10(11)12(14)17/h3-6,15H,7-9H2,1-2H3,(H2,14,17). The highest BCUT2D eigenvalue weighted by molar-refractivity contribution is 5.98. The van der Waals surface area contributed by atoms with Crippen molar-refractivity contribution < 1.29 is 4.79 Å². The summed E-state index contributed by atoms with van der Waals surface area (Å²) in [5.41, 5.74) is 6.95. The van der Waals surface area contributed by atoms with Crippen molar-refractivity contribution in [2.24, 2.45) is 5.73 Å². The maximum absolute atomic E-state index is 11.5. The third-order valence-corrected chi connectivity index (χ3v) is 3.26. The number of primary amides is 1. The number of benzene rings is 1. The van der Waals surface area contributed by atoms with Crippen molar-refractivity contribution >= 4 is 11.6 Å². The minimum atomic E-state index is -0.366. The lowest BCUT2D eigenvalue weighted by atomic mass is 9.97. The van der Waals surface area contributed by atoms with Crippen molar-refractivity contribution in [2.45, 2.75) is 19.4 Å². The molecule has 2 rings (SSSR count). The van der Waals surface area contributed by atoms with Gasteiger partial charge in [-0.15, -0.1) is 0 Å². The largest absolute Gasteiger partial charge is 0.366 e. The number of nitrogens with zero attached hydrogens (tertiary/aromatic N) is 1. The molecule has 0 aromatic heterocycles. The van der Waals surface area contributed by atoms with Crippen LogP contribution in [-0.4, -0.2) is 31.1 Å². The maximum Gasteiger partial charge on any atom is 0.250 e. The second-order valence-corrected chi connectivity index (χ2v) is 5.02. The number of piperazine rings is 1. The number of hydrogen-bond acceptors (Lipinski definition) is 3. The Kier molecular flexibility index (Phi) is 3.07. The number of carbonyl (C=O) groups excluding carboxylic acids is 1. The Morgan fingerprint density at radius 3 is 2.76 bits per heavy atom. The van der Waals surface area contributed by atoms with E-state index in [1.165, 1.54) is 0 Å². The zero-order valence-electron chi connectivity index (χ0n) is 10.4. The van der Waals surface area contributed by atoms with Crippen LogP contribution in [0.1, 0.15) is 24.2 Å². The van der Waals surface area contributed by atoms with E-state index in [-0.39, 0.29) is 11.4 Å². The molecule has 1 aromatic rings. The minimum Gasteiger partial charge on any atom is -0.366 e. The van der Waals surface area contributed by atoms with Gasteiger partial charge in [0.05, 0.1) is 11.3 Å². The number of anilines is 1. The van der Waals surface area contributed by atoms with Gasteiger partial charge in [0, 0.05) is 25.2 Å². The molecule has 1 aliphatic rings. The van der Waals surface area contributed by atoms with E-state index in [4.69, 9.17) is 5.73 Å². The van der Waals surface area contributed by atoms with Gasteiger partial charge >= 0.3 is 0 Å². The summed E-state index contributed by atoms with van der Waals surface area (Å²) in [6, 6.07) is 7.54. The number of nitrogens with one attached hydrogen (secondary N) is 1. The van der Waals surface area contributed by atoms with Crippen LogP contribution < -0.4 is 16.0 Å². The Bertz CT molecular complexity index is 428. The van der Waals surface area contributed by atoms with Crippen molar-refractivity contribution in [3.05, 3.63) is 29.8 Å². The van der Waals surface area contributed by atoms with Crippen LogP contribution in [0.3, 0.4) is 0 Å². The van der Waals surface area contributed by atoms with Gasteiger partial charge in [0.15, 0.2) is 0 Å².